The standard InChI is InChI=1S/C23H22BrNO7S/c1-4-11-30-22(27)18-13(2)19(23(28)29-3)33-21(18)25-20(26)17-10-9-14(32-17)12-31-16-8-6-5-7-15(16)24/h5-10H,4,11-12H2,1-3H3,(H,25,26). The van der Waals surface area contributed by atoms with Crippen molar-refractivity contribution in [3.63, 3.8) is 0 Å². The number of amides is 1. The van der Waals surface area contributed by atoms with Gasteiger partial charge in [-0.15, -0.1) is 11.3 Å². The molecule has 33 heavy (non-hydrogen) atoms. The number of esters is 2. The molecule has 0 radical (unpaired) electrons. The summed E-state index contributed by atoms with van der Waals surface area (Å²) >= 11 is 4.34. The van der Waals surface area contributed by atoms with E-state index >= 15 is 0 Å². The van der Waals surface area contributed by atoms with Crippen molar-refractivity contribution >= 4 is 50.1 Å². The molecular weight excluding hydrogens is 514 g/mol. The molecule has 1 amide bonds. The molecule has 1 N–H and O–H groups in total. The Morgan fingerprint density at radius 2 is 1.88 bits per heavy atom. The largest absolute Gasteiger partial charge is 0.484 e. The summed E-state index contributed by atoms with van der Waals surface area (Å²) in [5.41, 5.74) is 0.497. The average molecular weight is 536 g/mol. The van der Waals surface area contributed by atoms with Crippen LogP contribution in [-0.4, -0.2) is 31.6 Å². The number of carbonyl (C=O) groups excluding carboxylic acids is 3. The molecular formula is C23H22BrNO7S. The number of anilines is 1. The van der Waals surface area contributed by atoms with Crippen molar-refractivity contribution in [2.75, 3.05) is 19.0 Å². The Balaban J connectivity index is 1.77. The Kier molecular flexibility index (Phi) is 8.29. The number of furan rings is 1. The topological polar surface area (TPSA) is 104 Å². The van der Waals surface area contributed by atoms with Gasteiger partial charge < -0.3 is 23.9 Å². The molecule has 3 rings (SSSR count). The lowest BCUT2D eigenvalue weighted by molar-refractivity contribution is 0.0506. The summed E-state index contributed by atoms with van der Waals surface area (Å²) in [5, 5.41) is 2.83. The lowest BCUT2D eigenvalue weighted by Gasteiger charge is -2.07. The van der Waals surface area contributed by atoms with E-state index in [1.807, 2.05) is 25.1 Å². The van der Waals surface area contributed by atoms with Crippen LogP contribution in [0.4, 0.5) is 5.00 Å². The molecule has 1 aromatic carbocycles. The number of hydrogen-bond donors (Lipinski definition) is 1. The Morgan fingerprint density at radius 1 is 1.12 bits per heavy atom. The average Bonchev–Trinajstić information content (AvgIpc) is 3.41. The lowest BCUT2D eigenvalue weighted by Crippen LogP contribution is -2.14. The van der Waals surface area contributed by atoms with Crippen molar-refractivity contribution in [2.24, 2.45) is 0 Å². The molecule has 0 saturated heterocycles. The Hall–Kier alpha value is -3.11. The zero-order chi connectivity index (χ0) is 24.0. The van der Waals surface area contributed by atoms with E-state index in [0.717, 1.165) is 15.8 Å². The molecule has 0 spiro atoms. The van der Waals surface area contributed by atoms with E-state index in [4.69, 9.17) is 18.6 Å². The molecule has 3 aromatic rings. The first kappa shape index (κ1) is 24.5. The highest BCUT2D eigenvalue weighted by atomic mass is 79.9. The maximum absolute atomic E-state index is 12.8. The molecule has 0 unspecified atom stereocenters. The number of nitrogens with one attached hydrogen (secondary N) is 1. The van der Waals surface area contributed by atoms with Gasteiger partial charge in [0, 0.05) is 0 Å². The van der Waals surface area contributed by atoms with Crippen molar-refractivity contribution in [1.29, 1.82) is 0 Å². The number of rotatable bonds is 9. The van der Waals surface area contributed by atoms with Crippen LogP contribution < -0.4 is 10.1 Å². The summed E-state index contributed by atoms with van der Waals surface area (Å²) in [6, 6.07) is 10.5. The Morgan fingerprint density at radius 3 is 2.58 bits per heavy atom. The molecule has 0 aliphatic heterocycles. The SMILES string of the molecule is CCCOC(=O)c1c(NC(=O)c2ccc(COc3ccccc3Br)o2)sc(C(=O)OC)c1C. The van der Waals surface area contributed by atoms with E-state index in [2.05, 4.69) is 21.2 Å². The molecule has 174 valence electrons. The minimum absolute atomic E-state index is 0.0271. The van der Waals surface area contributed by atoms with E-state index in [1.54, 1.807) is 19.1 Å². The van der Waals surface area contributed by atoms with E-state index in [-0.39, 0.29) is 34.4 Å². The van der Waals surface area contributed by atoms with Gasteiger partial charge in [-0.3, -0.25) is 4.79 Å². The number of methoxy groups -OCH3 is 1. The molecule has 0 saturated carbocycles. The van der Waals surface area contributed by atoms with Crippen molar-refractivity contribution in [3.05, 3.63) is 68.4 Å². The summed E-state index contributed by atoms with van der Waals surface area (Å²) in [6.45, 7) is 3.80. The van der Waals surface area contributed by atoms with E-state index < -0.39 is 17.8 Å². The highest BCUT2D eigenvalue weighted by Gasteiger charge is 2.28. The lowest BCUT2D eigenvalue weighted by atomic mass is 10.1. The third kappa shape index (κ3) is 5.82. The second-order valence-corrected chi connectivity index (χ2v) is 8.70. The van der Waals surface area contributed by atoms with Crippen LogP contribution in [-0.2, 0) is 16.1 Å². The number of benzene rings is 1. The van der Waals surface area contributed by atoms with Crippen LogP contribution in [0, 0.1) is 6.92 Å². The van der Waals surface area contributed by atoms with Crippen molar-refractivity contribution in [3.8, 4) is 5.75 Å². The second-order valence-electron chi connectivity index (χ2n) is 6.83. The van der Waals surface area contributed by atoms with Crippen LogP contribution >= 0.6 is 27.3 Å². The number of halogens is 1. The van der Waals surface area contributed by atoms with Gasteiger partial charge in [0.2, 0.25) is 0 Å². The van der Waals surface area contributed by atoms with Gasteiger partial charge in [-0.05, 0) is 59.1 Å². The smallest absolute Gasteiger partial charge is 0.348 e. The predicted molar refractivity (Wildman–Crippen MR) is 126 cm³/mol. The van der Waals surface area contributed by atoms with Gasteiger partial charge >= 0.3 is 11.9 Å². The van der Waals surface area contributed by atoms with E-state index in [1.165, 1.54) is 13.2 Å². The molecule has 0 fully saturated rings. The highest BCUT2D eigenvalue weighted by molar-refractivity contribution is 9.10. The molecule has 2 aromatic heterocycles. The molecule has 2 heterocycles. The maximum atomic E-state index is 12.8. The number of para-hydroxylation sites is 1. The third-order valence-electron chi connectivity index (χ3n) is 4.48. The van der Waals surface area contributed by atoms with Gasteiger partial charge in [0.1, 0.15) is 28.0 Å². The zero-order valence-electron chi connectivity index (χ0n) is 18.2. The fourth-order valence-corrected chi connectivity index (χ4v) is 4.36. The normalized spacial score (nSPS) is 10.5. The summed E-state index contributed by atoms with van der Waals surface area (Å²) in [6.07, 6.45) is 0.636. The van der Waals surface area contributed by atoms with Crippen molar-refractivity contribution in [2.45, 2.75) is 26.9 Å². The third-order valence-corrected chi connectivity index (χ3v) is 6.32. The minimum Gasteiger partial charge on any atom is -0.484 e. The maximum Gasteiger partial charge on any atom is 0.348 e. The number of ether oxygens (including phenoxy) is 3. The van der Waals surface area contributed by atoms with Gasteiger partial charge in [0.25, 0.3) is 5.91 Å². The van der Waals surface area contributed by atoms with Gasteiger partial charge in [-0.1, -0.05) is 19.1 Å². The summed E-state index contributed by atoms with van der Waals surface area (Å²) in [5.74, 6) is -0.704. The first-order chi connectivity index (χ1) is 15.8. The van der Waals surface area contributed by atoms with Crippen LogP contribution in [0.2, 0.25) is 0 Å². The van der Waals surface area contributed by atoms with Crippen LogP contribution in [0.3, 0.4) is 0 Å². The Bertz CT molecular complexity index is 1170. The van der Waals surface area contributed by atoms with Crippen molar-refractivity contribution in [1.82, 2.24) is 0 Å². The minimum atomic E-state index is -0.627. The van der Waals surface area contributed by atoms with Gasteiger partial charge in [-0.25, -0.2) is 9.59 Å². The van der Waals surface area contributed by atoms with Gasteiger partial charge in [0.05, 0.1) is 23.8 Å². The predicted octanol–water partition coefficient (Wildman–Crippen LogP) is 5.60. The first-order valence-electron chi connectivity index (χ1n) is 10.0. The van der Waals surface area contributed by atoms with Crippen LogP contribution in [0.15, 0.2) is 45.3 Å². The quantitative estimate of drug-likeness (QED) is 0.355. The molecule has 10 heteroatoms. The molecule has 0 aliphatic carbocycles. The fourth-order valence-electron chi connectivity index (χ4n) is 2.85. The zero-order valence-corrected chi connectivity index (χ0v) is 20.6. The summed E-state index contributed by atoms with van der Waals surface area (Å²) in [7, 11) is 1.25. The van der Waals surface area contributed by atoms with E-state index in [9.17, 15) is 14.4 Å². The number of carbonyl (C=O) groups is 3. The van der Waals surface area contributed by atoms with Gasteiger partial charge in [0.15, 0.2) is 5.76 Å². The Labute approximate surface area is 203 Å². The van der Waals surface area contributed by atoms with E-state index in [0.29, 0.717) is 23.5 Å². The van der Waals surface area contributed by atoms with Crippen LogP contribution in [0.25, 0.3) is 0 Å². The van der Waals surface area contributed by atoms with Crippen LogP contribution in [0.1, 0.15) is 55.3 Å². The fraction of sp³-hybridized carbons (Fsp3) is 0.261. The van der Waals surface area contributed by atoms with Gasteiger partial charge in [-0.2, -0.15) is 0 Å². The molecule has 0 atom stereocenters. The second kappa shape index (κ2) is 11.2. The number of hydrogen-bond acceptors (Lipinski definition) is 8. The monoisotopic (exact) mass is 535 g/mol. The molecule has 0 aliphatic rings. The highest BCUT2D eigenvalue weighted by Crippen LogP contribution is 2.34. The molecule has 0 bridgehead atoms. The first-order valence-corrected chi connectivity index (χ1v) is 11.6. The summed E-state index contributed by atoms with van der Waals surface area (Å²) in [4.78, 5) is 37.7. The number of thiophene rings is 1. The summed E-state index contributed by atoms with van der Waals surface area (Å²) < 4.78 is 22.1. The molecule has 8 nitrogen and oxygen atoms in total. The van der Waals surface area contributed by atoms with Crippen LogP contribution in [0.5, 0.6) is 5.75 Å². The van der Waals surface area contributed by atoms with Crippen molar-refractivity contribution < 1.29 is 33.0 Å².